The van der Waals surface area contributed by atoms with Crippen LogP contribution in [0.5, 0.6) is 0 Å². The zero-order chi connectivity index (χ0) is 14.7. The molecular weight excluding hydrogens is 294 g/mol. The Hall–Kier alpha value is -1.84. The summed E-state index contributed by atoms with van der Waals surface area (Å²) in [5.74, 6) is 0.647. The molecule has 0 aliphatic carbocycles. The number of hydrogen-bond acceptors (Lipinski definition) is 3. The first-order chi connectivity index (χ1) is 10.3. The van der Waals surface area contributed by atoms with E-state index >= 15 is 0 Å². The lowest BCUT2D eigenvalue weighted by Crippen LogP contribution is -2.22. The van der Waals surface area contributed by atoms with E-state index in [4.69, 9.17) is 11.5 Å². The van der Waals surface area contributed by atoms with Gasteiger partial charge in [0.05, 0.1) is 6.04 Å². The Kier molecular flexibility index (Phi) is 5.58. The molecule has 4 heteroatoms. The number of aryl methyl sites for hydroxylation is 1. The highest BCUT2D eigenvalue weighted by molar-refractivity contribution is 5.99. The molecule has 0 radical (unpaired) electrons. The Morgan fingerprint density at radius 3 is 2.73 bits per heavy atom. The highest BCUT2D eigenvalue weighted by Crippen LogP contribution is 2.29. The Bertz CT molecular complexity index is 667. The van der Waals surface area contributed by atoms with E-state index in [0.29, 0.717) is 5.84 Å². The molecule has 3 rings (SSSR count). The van der Waals surface area contributed by atoms with Crippen LogP contribution < -0.4 is 11.5 Å². The van der Waals surface area contributed by atoms with Gasteiger partial charge in [0.25, 0.3) is 0 Å². The molecule has 0 saturated heterocycles. The molecule has 4 N–H and O–H groups in total. The topological polar surface area (TPSA) is 64.4 Å². The zero-order valence-corrected chi connectivity index (χ0v) is 13.4. The molecule has 3 nitrogen and oxygen atoms in total. The number of amidine groups is 1. The van der Waals surface area contributed by atoms with E-state index in [-0.39, 0.29) is 18.4 Å². The molecule has 2 aromatic rings. The Morgan fingerprint density at radius 2 is 1.91 bits per heavy atom. The number of fused-ring (bicyclic) bond motifs is 1. The molecule has 0 amide bonds. The number of hydrogen-bond donors (Lipinski definition) is 2. The molecule has 1 unspecified atom stereocenters. The first-order valence-corrected chi connectivity index (χ1v) is 7.48. The predicted octanol–water partition coefficient (Wildman–Crippen LogP) is 3.00. The fraction of sp³-hybridized carbons (Fsp3) is 0.278. The second-order valence-electron chi connectivity index (χ2n) is 5.53. The highest BCUT2D eigenvalue weighted by atomic mass is 35.5. The van der Waals surface area contributed by atoms with Crippen molar-refractivity contribution in [2.24, 2.45) is 16.5 Å². The number of halogens is 1. The maximum Gasteiger partial charge on any atom is 0.126 e. The smallest absolute Gasteiger partial charge is 0.126 e. The summed E-state index contributed by atoms with van der Waals surface area (Å²) in [5, 5.41) is 0. The fourth-order valence-corrected chi connectivity index (χ4v) is 2.89. The third-order valence-corrected chi connectivity index (χ3v) is 4.01. The molecule has 1 atom stereocenters. The molecule has 1 heterocycles. The van der Waals surface area contributed by atoms with Crippen LogP contribution in [0, 0.1) is 0 Å². The molecule has 116 valence electrons. The lowest BCUT2D eigenvalue weighted by atomic mass is 9.91. The van der Waals surface area contributed by atoms with Crippen molar-refractivity contribution in [2.75, 3.05) is 6.54 Å². The summed E-state index contributed by atoms with van der Waals surface area (Å²) < 4.78 is 0. The van der Waals surface area contributed by atoms with E-state index in [0.717, 1.165) is 31.4 Å². The Balaban J connectivity index is 0.00000176. The van der Waals surface area contributed by atoms with Crippen molar-refractivity contribution >= 4 is 18.2 Å². The van der Waals surface area contributed by atoms with Crippen molar-refractivity contribution < 1.29 is 0 Å². The monoisotopic (exact) mass is 315 g/mol. The van der Waals surface area contributed by atoms with E-state index < -0.39 is 0 Å². The van der Waals surface area contributed by atoms with Crippen LogP contribution >= 0.6 is 12.4 Å². The maximum atomic E-state index is 6.13. The number of rotatable bonds is 4. The van der Waals surface area contributed by atoms with Gasteiger partial charge in [0.1, 0.15) is 5.84 Å². The van der Waals surface area contributed by atoms with Crippen molar-refractivity contribution in [1.82, 2.24) is 0 Å². The van der Waals surface area contributed by atoms with Gasteiger partial charge >= 0.3 is 0 Å². The largest absolute Gasteiger partial charge is 0.383 e. The highest BCUT2D eigenvalue weighted by Gasteiger charge is 2.20. The number of nitrogens with zero attached hydrogens (tertiary/aromatic N) is 1. The quantitative estimate of drug-likeness (QED) is 0.911. The minimum absolute atomic E-state index is 0. The summed E-state index contributed by atoms with van der Waals surface area (Å²) in [6.45, 7) is 0.728. The van der Waals surface area contributed by atoms with Crippen LogP contribution in [0.15, 0.2) is 53.5 Å². The van der Waals surface area contributed by atoms with Crippen molar-refractivity contribution in [1.29, 1.82) is 0 Å². The molecule has 0 spiro atoms. The van der Waals surface area contributed by atoms with Crippen LogP contribution in [0.25, 0.3) is 0 Å². The number of benzene rings is 2. The van der Waals surface area contributed by atoms with Crippen molar-refractivity contribution in [3.05, 3.63) is 70.8 Å². The summed E-state index contributed by atoms with van der Waals surface area (Å²) in [5.41, 5.74) is 16.6. The number of nitrogens with two attached hydrogens (primary N) is 2. The first-order valence-electron chi connectivity index (χ1n) is 7.48. The van der Waals surface area contributed by atoms with Gasteiger partial charge in [-0.3, -0.25) is 4.99 Å². The van der Waals surface area contributed by atoms with Crippen molar-refractivity contribution in [3.8, 4) is 0 Å². The van der Waals surface area contributed by atoms with Gasteiger partial charge in [0.2, 0.25) is 0 Å². The van der Waals surface area contributed by atoms with Gasteiger partial charge in [-0.1, -0.05) is 48.5 Å². The van der Waals surface area contributed by atoms with Gasteiger partial charge in [-0.2, -0.15) is 0 Å². The normalized spacial score (nSPS) is 16.4. The van der Waals surface area contributed by atoms with Gasteiger partial charge in [-0.05, 0) is 42.5 Å². The summed E-state index contributed by atoms with van der Waals surface area (Å²) in [4.78, 5) is 4.68. The predicted molar refractivity (Wildman–Crippen MR) is 94.7 cm³/mol. The maximum absolute atomic E-state index is 6.13. The van der Waals surface area contributed by atoms with Gasteiger partial charge < -0.3 is 11.5 Å². The van der Waals surface area contributed by atoms with Crippen LogP contribution in [0.1, 0.15) is 34.7 Å². The SMILES string of the molecule is Cl.NCCCc1cccc(C2Cc3ccccc3C(N)=N2)c1. The summed E-state index contributed by atoms with van der Waals surface area (Å²) in [7, 11) is 0. The Labute approximate surface area is 137 Å². The summed E-state index contributed by atoms with van der Waals surface area (Å²) in [6, 6.07) is 17.0. The molecule has 0 saturated carbocycles. The van der Waals surface area contributed by atoms with E-state index in [1.165, 1.54) is 16.7 Å². The lowest BCUT2D eigenvalue weighted by Gasteiger charge is -2.22. The molecule has 0 fully saturated rings. The van der Waals surface area contributed by atoms with Gasteiger partial charge in [0.15, 0.2) is 0 Å². The first kappa shape index (κ1) is 16.5. The second-order valence-corrected chi connectivity index (χ2v) is 5.53. The van der Waals surface area contributed by atoms with Crippen LogP contribution in [-0.4, -0.2) is 12.4 Å². The molecular formula is C18H22ClN3. The van der Waals surface area contributed by atoms with E-state index in [1.54, 1.807) is 0 Å². The van der Waals surface area contributed by atoms with E-state index in [2.05, 4.69) is 41.4 Å². The number of aliphatic imine (C=N–C) groups is 1. The summed E-state index contributed by atoms with van der Waals surface area (Å²) in [6.07, 6.45) is 2.95. The average molecular weight is 316 g/mol. The molecule has 0 aromatic heterocycles. The molecule has 1 aliphatic heterocycles. The second kappa shape index (κ2) is 7.43. The van der Waals surface area contributed by atoms with Crippen LogP contribution in [-0.2, 0) is 12.8 Å². The van der Waals surface area contributed by atoms with Crippen LogP contribution in [0.2, 0.25) is 0 Å². The van der Waals surface area contributed by atoms with Crippen molar-refractivity contribution in [2.45, 2.75) is 25.3 Å². The van der Waals surface area contributed by atoms with Gasteiger partial charge in [-0.25, -0.2) is 0 Å². The van der Waals surface area contributed by atoms with Crippen LogP contribution in [0.4, 0.5) is 0 Å². The fourth-order valence-electron chi connectivity index (χ4n) is 2.89. The minimum Gasteiger partial charge on any atom is -0.383 e. The minimum atomic E-state index is 0. The van der Waals surface area contributed by atoms with Crippen LogP contribution in [0.3, 0.4) is 0 Å². The van der Waals surface area contributed by atoms with Crippen molar-refractivity contribution in [3.63, 3.8) is 0 Å². The lowest BCUT2D eigenvalue weighted by molar-refractivity contribution is 0.707. The third-order valence-electron chi connectivity index (χ3n) is 4.01. The van der Waals surface area contributed by atoms with Gasteiger partial charge in [0, 0.05) is 5.56 Å². The molecule has 2 aromatic carbocycles. The molecule has 1 aliphatic rings. The average Bonchev–Trinajstić information content (AvgIpc) is 2.53. The zero-order valence-electron chi connectivity index (χ0n) is 12.5. The molecule has 0 bridgehead atoms. The third kappa shape index (κ3) is 3.49. The standard InChI is InChI=1S/C18H21N3.ClH/c19-10-4-6-13-5-3-8-15(11-13)17-12-14-7-1-2-9-16(14)18(20)21-17;/h1-3,5,7-9,11,17H,4,6,10,12,19H2,(H2,20,21);1H. The van der Waals surface area contributed by atoms with Gasteiger partial charge in [-0.15, -0.1) is 12.4 Å². The molecule has 22 heavy (non-hydrogen) atoms. The summed E-state index contributed by atoms with van der Waals surface area (Å²) >= 11 is 0. The van der Waals surface area contributed by atoms with E-state index in [9.17, 15) is 0 Å². The Morgan fingerprint density at radius 1 is 1.09 bits per heavy atom. The van der Waals surface area contributed by atoms with E-state index in [1.807, 2.05) is 12.1 Å².